The summed E-state index contributed by atoms with van der Waals surface area (Å²) in [5.74, 6) is 6.93. The Balaban J connectivity index is 1.70. The van der Waals surface area contributed by atoms with Crippen molar-refractivity contribution in [2.45, 2.75) is 76.6 Å². The number of hydrogen-bond donors (Lipinski definition) is 1. The number of aromatic nitrogens is 3. The highest BCUT2D eigenvalue weighted by Crippen LogP contribution is 2.32. The molecule has 8 heteroatoms. The second kappa shape index (κ2) is 10.5. The van der Waals surface area contributed by atoms with Gasteiger partial charge in [0.1, 0.15) is 23.9 Å². The summed E-state index contributed by atoms with van der Waals surface area (Å²) < 4.78 is 28.9. The molecule has 2 aromatic rings. The molecule has 2 aliphatic rings. The maximum atomic E-state index is 13.9. The van der Waals surface area contributed by atoms with Gasteiger partial charge in [-0.15, -0.1) is 10.2 Å². The van der Waals surface area contributed by atoms with Crippen LogP contribution in [0.25, 0.3) is 0 Å². The minimum Gasteiger partial charge on any atom is -0.378 e. The number of amidine groups is 1. The van der Waals surface area contributed by atoms with Gasteiger partial charge in [-0.05, 0) is 70.1 Å². The molecule has 1 fully saturated rings. The van der Waals surface area contributed by atoms with Crippen molar-refractivity contribution < 1.29 is 13.9 Å². The number of halogens is 2. The standard InChI is InChI=1S/C26H31F2N5O/c1-19(28)20(2)33-18-29-31-25(33)30-24(12-16-27)32-17-7-9-22-21(8-6-10-23(22)32)11-15-26(34)13-4-3-5-14-26/h6,8,10,12,16,18-20,34H,3-5,7,9,13-14,17H2,1-2H3/b16-12-,30-24?/t19?,20-/m1/s1. The zero-order valence-corrected chi connectivity index (χ0v) is 19.7. The third kappa shape index (κ3) is 5.20. The van der Waals surface area contributed by atoms with Crippen LogP contribution in [0.4, 0.5) is 20.4 Å². The Bertz CT molecular complexity index is 1120. The summed E-state index contributed by atoms with van der Waals surface area (Å²) in [6.45, 7) is 3.83. The Labute approximate surface area is 199 Å². The van der Waals surface area contributed by atoms with E-state index in [1.165, 1.54) is 19.3 Å². The molecule has 2 heterocycles. The molecule has 1 unspecified atom stereocenters. The predicted molar refractivity (Wildman–Crippen MR) is 130 cm³/mol. The molecule has 6 nitrogen and oxygen atoms in total. The molecule has 0 radical (unpaired) electrons. The first-order valence-corrected chi connectivity index (χ1v) is 12.0. The van der Waals surface area contributed by atoms with Crippen molar-refractivity contribution in [1.82, 2.24) is 14.8 Å². The summed E-state index contributed by atoms with van der Waals surface area (Å²) in [4.78, 5) is 6.49. The van der Waals surface area contributed by atoms with Gasteiger partial charge in [0.05, 0.1) is 12.4 Å². The third-order valence-corrected chi connectivity index (χ3v) is 6.72. The van der Waals surface area contributed by atoms with Gasteiger partial charge in [0.25, 0.3) is 5.95 Å². The van der Waals surface area contributed by atoms with Crippen molar-refractivity contribution >= 4 is 17.5 Å². The second-order valence-electron chi connectivity index (χ2n) is 9.12. The number of fused-ring (bicyclic) bond motifs is 1. The zero-order valence-electron chi connectivity index (χ0n) is 19.7. The molecule has 0 bridgehead atoms. The smallest absolute Gasteiger partial charge is 0.252 e. The zero-order chi connectivity index (χ0) is 24.1. The Morgan fingerprint density at radius 3 is 2.76 bits per heavy atom. The maximum Gasteiger partial charge on any atom is 0.252 e. The van der Waals surface area contributed by atoms with Crippen molar-refractivity contribution in [3.63, 3.8) is 0 Å². The molecule has 0 spiro atoms. The van der Waals surface area contributed by atoms with Crippen molar-refractivity contribution in [3.05, 3.63) is 48.1 Å². The van der Waals surface area contributed by atoms with Crippen LogP contribution in [-0.2, 0) is 6.42 Å². The van der Waals surface area contributed by atoms with E-state index < -0.39 is 17.8 Å². The molecular weight excluding hydrogens is 436 g/mol. The molecule has 1 aliphatic carbocycles. The fraction of sp³-hybridized carbons (Fsp3) is 0.500. The van der Waals surface area contributed by atoms with Gasteiger partial charge in [0.2, 0.25) is 0 Å². The predicted octanol–water partition coefficient (Wildman–Crippen LogP) is 5.21. The molecule has 1 aliphatic heterocycles. The van der Waals surface area contributed by atoms with Gasteiger partial charge in [0.15, 0.2) is 0 Å². The number of nitrogens with zero attached hydrogens (tertiary/aromatic N) is 5. The average molecular weight is 468 g/mol. The fourth-order valence-electron chi connectivity index (χ4n) is 4.60. The Hall–Kier alpha value is -3.05. The van der Waals surface area contributed by atoms with E-state index in [0.29, 0.717) is 31.6 Å². The molecule has 1 N–H and O–H groups in total. The highest BCUT2D eigenvalue weighted by molar-refractivity contribution is 6.07. The first-order chi connectivity index (χ1) is 16.4. The van der Waals surface area contributed by atoms with Gasteiger partial charge in [-0.25, -0.2) is 8.78 Å². The molecule has 0 saturated heterocycles. The highest BCUT2D eigenvalue weighted by Gasteiger charge is 2.27. The normalized spacial score (nSPS) is 19.9. The summed E-state index contributed by atoms with van der Waals surface area (Å²) in [5.41, 5.74) is 1.89. The molecule has 34 heavy (non-hydrogen) atoms. The summed E-state index contributed by atoms with van der Waals surface area (Å²) in [5, 5.41) is 18.7. The van der Waals surface area contributed by atoms with E-state index in [4.69, 9.17) is 0 Å². The van der Waals surface area contributed by atoms with Crippen LogP contribution in [0.2, 0.25) is 0 Å². The summed E-state index contributed by atoms with van der Waals surface area (Å²) >= 11 is 0. The van der Waals surface area contributed by atoms with Gasteiger partial charge < -0.3 is 10.0 Å². The highest BCUT2D eigenvalue weighted by atomic mass is 19.1. The molecular formula is C26H31F2N5O. The van der Waals surface area contributed by atoms with Crippen LogP contribution >= 0.6 is 0 Å². The van der Waals surface area contributed by atoms with Crippen LogP contribution in [0.1, 0.15) is 69.5 Å². The minimum absolute atomic E-state index is 0.215. The number of hydrogen-bond acceptors (Lipinski definition) is 4. The molecule has 0 amide bonds. The van der Waals surface area contributed by atoms with E-state index in [1.54, 1.807) is 11.5 Å². The minimum atomic E-state index is -1.12. The van der Waals surface area contributed by atoms with E-state index in [9.17, 15) is 13.9 Å². The van der Waals surface area contributed by atoms with Gasteiger partial charge in [-0.3, -0.25) is 4.57 Å². The summed E-state index contributed by atoms with van der Waals surface area (Å²) in [7, 11) is 0. The molecule has 2 atom stereocenters. The van der Waals surface area contributed by atoms with Crippen LogP contribution in [0.15, 0.2) is 41.9 Å². The Kier molecular flexibility index (Phi) is 7.42. The monoisotopic (exact) mass is 467 g/mol. The third-order valence-electron chi connectivity index (χ3n) is 6.72. The van der Waals surface area contributed by atoms with E-state index >= 15 is 0 Å². The lowest BCUT2D eigenvalue weighted by Gasteiger charge is -2.31. The largest absolute Gasteiger partial charge is 0.378 e. The number of aliphatic hydroxyl groups is 1. The number of alkyl halides is 1. The quantitative estimate of drug-likeness (QED) is 0.381. The van der Waals surface area contributed by atoms with E-state index in [2.05, 4.69) is 27.0 Å². The van der Waals surface area contributed by atoms with Gasteiger partial charge in [-0.1, -0.05) is 24.3 Å². The lowest BCUT2D eigenvalue weighted by atomic mass is 9.85. The van der Waals surface area contributed by atoms with E-state index in [0.717, 1.165) is 48.9 Å². The second-order valence-corrected chi connectivity index (χ2v) is 9.12. The number of aliphatic imine (C=N–C) groups is 1. The van der Waals surface area contributed by atoms with Gasteiger partial charge >= 0.3 is 0 Å². The van der Waals surface area contributed by atoms with Crippen molar-refractivity contribution in [1.29, 1.82) is 0 Å². The van der Waals surface area contributed by atoms with Crippen LogP contribution in [-0.4, -0.2) is 44.0 Å². The first-order valence-electron chi connectivity index (χ1n) is 12.0. The van der Waals surface area contributed by atoms with Crippen molar-refractivity contribution in [2.24, 2.45) is 4.99 Å². The number of anilines is 1. The SMILES string of the molecule is CC(F)[C@@H](C)n1cnnc1N=C(/C=C\F)N1CCCc2c(C#CC3(O)CCCCC3)cccc21. The molecule has 180 valence electrons. The van der Waals surface area contributed by atoms with Crippen molar-refractivity contribution in [3.8, 4) is 11.8 Å². The molecule has 1 aromatic carbocycles. The van der Waals surface area contributed by atoms with Crippen LogP contribution in [0.3, 0.4) is 0 Å². The van der Waals surface area contributed by atoms with Crippen LogP contribution < -0.4 is 4.90 Å². The number of rotatable bonds is 4. The molecule has 1 saturated carbocycles. The molecule has 1 aromatic heterocycles. The maximum absolute atomic E-state index is 13.9. The van der Waals surface area contributed by atoms with Crippen LogP contribution in [0.5, 0.6) is 0 Å². The average Bonchev–Trinajstić information content (AvgIpc) is 3.30. The van der Waals surface area contributed by atoms with Gasteiger partial charge in [-0.2, -0.15) is 4.99 Å². The van der Waals surface area contributed by atoms with E-state index in [1.807, 2.05) is 23.1 Å². The summed E-state index contributed by atoms with van der Waals surface area (Å²) in [6.07, 6.45) is 8.22. The fourth-order valence-corrected chi connectivity index (χ4v) is 4.60. The Morgan fingerprint density at radius 2 is 2.03 bits per heavy atom. The molecule has 4 rings (SSSR count). The lowest BCUT2D eigenvalue weighted by Crippen LogP contribution is -2.35. The lowest BCUT2D eigenvalue weighted by molar-refractivity contribution is 0.0610. The number of benzene rings is 1. The Morgan fingerprint density at radius 1 is 1.24 bits per heavy atom. The summed E-state index contributed by atoms with van der Waals surface area (Å²) in [6, 6.07) is 5.33. The first kappa shape index (κ1) is 24.1. The topological polar surface area (TPSA) is 66.5 Å². The van der Waals surface area contributed by atoms with E-state index in [-0.39, 0.29) is 5.95 Å². The van der Waals surface area contributed by atoms with Gasteiger partial charge in [0, 0.05) is 23.9 Å². The van der Waals surface area contributed by atoms with Crippen LogP contribution in [0, 0.1) is 11.8 Å². The van der Waals surface area contributed by atoms with Crippen molar-refractivity contribution in [2.75, 3.05) is 11.4 Å².